The predicted molar refractivity (Wildman–Crippen MR) is 100 cm³/mol. The smallest absolute Gasteiger partial charge is 0.223 e. The van der Waals surface area contributed by atoms with Gasteiger partial charge in [0.2, 0.25) is 5.91 Å². The molecule has 0 saturated carbocycles. The van der Waals surface area contributed by atoms with E-state index < -0.39 is 0 Å². The summed E-state index contributed by atoms with van der Waals surface area (Å²) < 4.78 is 5.37. The second-order valence-electron chi connectivity index (χ2n) is 7.87. The molecule has 2 aliphatic heterocycles. The highest BCUT2D eigenvalue weighted by molar-refractivity contribution is 5.79. The lowest BCUT2D eigenvalue weighted by atomic mass is 9.90. The van der Waals surface area contributed by atoms with Crippen molar-refractivity contribution in [3.05, 3.63) is 35.4 Å². The van der Waals surface area contributed by atoms with E-state index in [1.807, 2.05) is 24.3 Å². The van der Waals surface area contributed by atoms with Gasteiger partial charge in [0.15, 0.2) is 0 Å². The number of amides is 1. The maximum Gasteiger partial charge on any atom is 0.223 e. The van der Waals surface area contributed by atoms with Gasteiger partial charge in [0.25, 0.3) is 0 Å². The highest BCUT2D eigenvalue weighted by Crippen LogP contribution is 2.27. The molecule has 5 heteroatoms. The van der Waals surface area contributed by atoms with Crippen LogP contribution in [-0.4, -0.2) is 43.2 Å². The molecule has 0 aliphatic carbocycles. The normalized spacial score (nSPS) is 24.5. The number of nitriles is 1. The van der Waals surface area contributed by atoms with Gasteiger partial charge < -0.3 is 10.1 Å². The van der Waals surface area contributed by atoms with Crippen molar-refractivity contribution in [2.75, 3.05) is 26.3 Å². The number of hydrogen-bond acceptors (Lipinski definition) is 4. The van der Waals surface area contributed by atoms with Gasteiger partial charge in [-0.2, -0.15) is 5.26 Å². The fourth-order valence-electron chi connectivity index (χ4n) is 4.14. The molecule has 0 radical (unpaired) electrons. The molecule has 0 bridgehead atoms. The fraction of sp³-hybridized carbons (Fsp3) is 0.619. The molecule has 2 saturated heterocycles. The zero-order valence-electron chi connectivity index (χ0n) is 15.8. The van der Waals surface area contributed by atoms with Crippen molar-refractivity contribution >= 4 is 5.91 Å². The molecule has 1 amide bonds. The molecule has 2 heterocycles. The summed E-state index contributed by atoms with van der Waals surface area (Å²) >= 11 is 0. The standard InChI is InChI=1S/C21H29N3O2/c1-15(2)19-13-24(12-18-6-4-3-5-17(18)11-22)14-20(19)23-21(25)16-7-9-26-10-8-16/h3-6,15-16,19-20H,7-10,12-14H2,1-2H3,(H,23,25)/t19-,20+/m1/s1. The summed E-state index contributed by atoms with van der Waals surface area (Å²) in [6.07, 6.45) is 1.65. The fourth-order valence-corrected chi connectivity index (χ4v) is 4.14. The van der Waals surface area contributed by atoms with E-state index >= 15 is 0 Å². The first-order chi connectivity index (χ1) is 12.6. The van der Waals surface area contributed by atoms with Crippen LogP contribution in [0.25, 0.3) is 0 Å². The maximum absolute atomic E-state index is 12.7. The Morgan fingerprint density at radius 1 is 1.31 bits per heavy atom. The summed E-state index contributed by atoms with van der Waals surface area (Å²) in [7, 11) is 0. The molecule has 26 heavy (non-hydrogen) atoms. The summed E-state index contributed by atoms with van der Waals surface area (Å²) in [6, 6.07) is 10.2. The van der Waals surface area contributed by atoms with Crippen LogP contribution in [0.1, 0.15) is 37.8 Å². The lowest BCUT2D eigenvalue weighted by Gasteiger charge is -2.27. The lowest BCUT2D eigenvalue weighted by Crippen LogP contribution is -2.45. The summed E-state index contributed by atoms with van der Waals surface area (Å²) in [5, 5.41) is 12.6. The highest BCUT2D eigenvalue weighted by Gasteiger charge is 2.36. The van der Waals surface area contributed by atoms with Crippen LogP contribution in [-0.2, 0) is 16.1 Å². The second kappa shape index (κ2) is 8.66. The van der Waals surface area contributed by atoms with Gasteiger partial charge in [-0.05, 0) is 36.3 Å². The molecule has 1 aromatic carbocycles. The van der Waals surface area contributed by atoms with E-state index in [1.54, 1.807) is 0 Å². The molecule has 140 valence electrons. The van der Waals surface area contributed by atoms with Gasteiger partial charge in [-0.3, -0.25) is 9.69 Å². The van der Waals surface area contributed by atoms with Gasteiger partial charge in [0.1, 0.15) is 0 Å². The average Bonchev–Trinajstić information content (AvgIpc) is 3.05. The number of rotatable bonds is 5. The summed E-state index contributed by atoms with van der Waals surface area (Å²) in [5.74, 6) is 1.22. The van der Waals surface area contributed by atoms with Crippen LogP contribution >= 0.6 is 0 Å². The van der Waals surface area contributed by atoms with Crippen molar-refractivity contribution in [3.63, 3.8) is 0 Å². The first-order valence-corrected chi connectivity index (χ1v) is 9.67. The van der Waals surface area contributed by atoms with Gasteiger partial charge in [-0.25, -0.2) is 0 Å². The second-order valence-corrected chi connectivity index (χ2v) is 7.87. The third-order valence-electron chi connectivity index (χ3n) is 5.75. The third kappa shape index (κ3) is 4.44. The maximum atomic E-state index is 12.7. The van der Waals surface area contributed by atoms with Crippen molar-refractivity contribution in [1.82, 2.24) is 10.2 Å². The Bertz CT molecular complexity index is 661. The number of benzene rings is 1. The van der Waals surface area contributed by atoms with Crippen molar-refractivity contribution in [1.29, 1.82) is 5.26 Å². The number of nitrogens with zero attached hydrogens (tertiary/aromatic N) is 2. The van der Waals surface area contributed by atoms with E-state index in [-0.39, 0.29) is 17.9 Å². The quantitative estimate of drug-likeness (QED) is 0.882. The molecule has 2 atom stereocenters. The topological polar surface area (TPSA) is 65.4 Å². The first-order valence-electron chi connectivity index (χ1n) is 9.67. The van der Waals surface area contributed by atoms with E-state index in [0.717, 1.165) is 43.6 Å². The molecule has 5 nitrogen and oxygen atoms in total. The minimum Gasteiger partial charge on any atom is -0.381 e. The minimum absolute atomic E-state index is 0.0879. The van der Waals surface area contributed by atoms with Gasteiger partial charge in [-0.15, -0.1) is 0 Å². The summed E-state index contributed by atoms with van der Waals surface area (Å²) in [5.41, 5.74) is 1.80. The Hall–Kier alpha value is -1.90. The van der Waals surface area contributed by atoms with Crippen molar-refractivity contribution in [2.24, 2.45) is 17.8 Å². The third-order valence-corrected chi connectivity index (χ3v) is 5.75. The van der Waals surface area contributed by atoms with Crippen LogP contribution in [0.2, 0.25) is 0 Å². The molecule has 1 aromatic rings. The molecular formula is C21H29N3O2. The highest BCUT2D eigenvalue weighted by atomic mass is 16.5. The number of ether oxygens (including phenoxy) is 1. The Balaban J connectivity index is 1.64. The zero-order valence-corrected chi connectivity index (χ0v) is 15.8. The molecule has 2 aliphatic rings. The summed E-state index contributed by atoms with van der Waals surface area (Å²) in [6.45, 7) is 8.39. The van der Waals surface area contributed by atoms with Crippen molar-refractivity contribution in [2.45, 2.75) is 39.3 Å². The summed E-state index contributed by atoms with van der Waals surface area (Å²) in [4.78, 5) is 15.0. The first kappa shape index (κ1) is 18.9. The van der Waals surface area contributed by atoms with Crippen molar-refractivity contribution in [3.8, 4) is 6.07 Å². The number of likely N-dealkylation sites (tertiary alicyclic amines) is 1. The Morgan fingerprint density at radius 2 is 2.04 bits per heavy atom. The Labute approximate surface area is 156 Å². The SMILES string of the molecule is CC(C)[C@H]1CN(Cc2ccccc2C#N)C[C@@H]1NC(=O)C1CCOCC1. The number of carbonyl (C=O) groups is 1. The van der Waals surface area contributed by atoms with Crippen LogP contribution in [0.5, 0.6) is 0 Å². The van der Waals surface area contributed by atoms with Crippen LogP contribution < -0.4 is 5.32 Å². The van der Waals surface area contributed by atoms with Crippen LogP contribution in [0.15, 0.2) is 24.3 Å². The molecule has 3 rings (SSSR count). The monoisotopic (exact) mass is 355 g/mol. The molecule has 0 aromatic heterocycles. The largest absolute Gasteiger partial charge is 0.381 e. The molecular weight excluding hydrogens is 326 g/mol. The molecule has 0 unspecified atom stereocenters. The minimum atomic E-state index is 0.0879. The van der Waals surface area contributed by atoms with E-state index in [4.69, 9.17) is 4.74 Å². The molecule has 0 spiro atoms. The Morgan fingerprint density at radius 3 is 2.73 bits per heavy atom. The van der Waals surface area contributed by atoms with Crippen molar-refractivity contribution < 1.29 is 9.53 Å². The van der Waals surface area contributed by atoms with E-state index in [9.17, 15) is 10.1 Å². The Kier molecular flexibility index (Phi) is 6.29. The predicted octanol–water partition coefficient (Wildman–Crippen LogP) is 2.56. The van der Waals surface area contributed by atoms with Gasteiger partial charge in [0, 0.05) is 44.8 Å². The number of carbonyl (C=O) groups excluding carboxylic acids is 1. The van der Waals surface area contributed by atoms with E-state index in [2.05, 4.69) is 30.1 Å². The van der Waals surface area contributed by atoms with Crippen LogP contribution in [0, 0.1) is 29.1 Å². The average molecular weight is 355 g/mol. The van der Waals surface area contributed by atoms with Gasteiger partial charge in [0.05, 0.1) is 11.6 Å². The van der Waals surface area contributed by atoms with Crippen LogP contribution in [0.3, 0.4) is 0 Å². The zero-order chi connectivity index (χ0) is 18.5. The van der Waals surface area contributed by atoms with E-state index in [0.29, 0.717) is 25.0 Å². The number of hydrogen-bond donors (Lipinski definition) is 1. The van der Waals surface area contributed by atoms with Gasteiger partial charge in [-0.1, -0.05) is 32.0 Å². The number of nitrogens with one attached hydrogen (secondary N) is 1. The molecule has 2 fully saturated rings. The van der Waals surface area contributed by atoms with Gasteiger partial charge >= 0.3 is 0 Å². The molecule has 1 N–H and O–H groups in total. The lowest BCUT2D eigenvalue weighted by molar-refractivity contribution is -0.128. The van der Waals surface area contributed by atoms with E-state index in [1.165, 1.54) is 0 Å². The van der Waals surface area contributed by atoms with Crippen LogP contribution in [0.4, 0.5) is 0 Å².